The largest absolute Gasteiger partial charge is 0.497 e. The lowest BCUT2D eigenvalue weighted by atomic mass is 10.1. The molecule has 0 spiro atoms. The second kappa shape index (κ2) is 7.21. The fourth-order valence-corrected chi connectivity index (χ4v) is 1.93. The molecule has 22 heavy (non-hydrogen) atoms. The quantitative estimate of drug-likeness (QED) is 0.656. The van der Waals surface area contributed by atoms with Crippen LogP contribution in [0.5, 0.6) is 5.75 Å². The maximum absolute atomic E-state index is 11.9. The number of nitro groups is 1. The third kappa shape index (κ3) is 4.31. The molecular weight excluding hydrogens is 284 g/mol. The van der Waals surface area contributed by atoms with Gasteiger partial charge in [-0.25, -0.2) is 0 Å². The number of hydrogen-bond acceptors (Lipinski definition) is 4. The highest BCUT2D eigenvalue weighted by atomic mass is 16.6. The molecule has 2 rings (SSSR count). The Balaban J connectivity index is 1.85. The second-order valence-corrected chi connectivity index (χ2v) is 4.73. The number of ether oxygens (including phenoxy) is 1. The van der Waals surface area contributed by atoms with Gasteiger partial charge in [0.25, 0.3) is 5.69 Å². The number of hydrogen-bond donors (Lipinski definition) is 1. The molecule has 1 amide bonds. The Morgan fingerprint density at radius 2 is 1.68 bits per heavy atom. The zero-order valence-electron chi connectivity index (χ0n) is 12.1. The highest BCUT2D eigenvalue weighted by Crippen LogP contribution is 2.13. The topological polar surface area (TPSA) is 81.5 Å². The van der Waals surface area contributed by atoms with E-state index in [9.17, 15) is 14.9 Å². The standard InChI is InChI=1S/C16H16N2O4/c1-22-15-8-4-13(5-9-15)11-17-16(19)10-12-2-6-14(7-3-12)18(20)21/h2-9H,10-11H2,1H3,(H,17,19). The van der Waals surface area contributed by atoms with Crippen molar-refractivity contribution in [2.75, 3.05) is 7.11 Å². The van der Waals surface area contributed by atoms with Crippen LogP contribution >= 0.6 is 0 Å². The van der Waals surface area contributed by atoms with E-state index in [1.165, 1.54) is 12.1 Å². The number of non-ortho nitro benzene ring substituents is 1. The Labute approximate surface area is 127 Å². The van der Waals surface area contributed by atoms with Crippen molar-refractivity contribution in [2.45, 2.75) is 13.0 Å². The van der Waals surface area contributed by atoms with Crippen LogP contribution in [0.2, 0.25) is 0 Å². The number of carbonyl (C=O) groups excluding carboxylic acids is 1. The van der Waals surface area contributed by atoms with E-state index in [4.69, 9.17) is 4.74 Å². The van der Waals surface area contributed by atoms with Crippen LogP contribution in [0, 0.1) is 10.1 Å². The van der Waals surface area contributed by atoms with Gasteiger partial charge in [0.05, 0.1) is 18.5 Å². The van der Waals surface area contributed by atoms with E-state index >= 15 is 0 Å². The third-order valence-electron chi connectivity index (χ3n) is 3.16. The molecule has 0 unspecified atom stereocenters. The molecule has 0 bridgehead atoms. The van der Waals surface area contributed by atoms with Crippen LogP contribution in [0.1, 0.15) is 11.1 Å². The lowest BCUT2D eigenvalue weighted by Crippen LogP contribution is -2.24. The minimum atomic E-state index is -0.465. The van der Waals surface area contributed by atoms with Crippen LogP contribution < -0.4 is 10.1 Å². The van der Waals surface area contributed by atoms with Crippen LogP contribution in [0.15, 0.2) is 48.5 Å². The smallest absolute Gasteiger partial charge is 0.269 e. The number of rotatable bonds is 6. The Morgan fingerprint density at radius 1 is 1.09 bits per heavy atom. The number of methoxy groups -OCH3 is 1. The summed E-state index contributed by atoms with van der Waals surface area (Å²) in [6.07, 6.45) is 0.189. The van der Waals surface area contributed by atoms with E-state index in [0.717, 1.165) is 16.9 Å². The summed E-state index contributed by atoms with van der Waals surface area (Å²) in [7, 11) is 1.60. The van der Waals surface area contributed by atoms with Gasteiger partial charge in [-0.2, -0.15) is 0 Å². The number of nitro benzene ring substituents is 1. The molecule has 0 fully saturated rings. The lowest BCUT2D eigenvalue weighted by Gasteiger charge is -2.06. The van der Waals surface area contributed by atoms with E-state index < -0.39 is 4.92 Å². The molecule has 1 N–H and O–H groups in total. The molecule has 6 heteroatoms. The number of carbonyl (C=O) groups is 1. The van der Waals surface area contributed by atoms with E-state index in [0.29, 0.717) is 6.54 Å². The normalized spacial score (nSPS) is 10.0. The first kappa shape index (κ1) is 15.5. The van der Waals surface area contributed by atoms with Gasteiger partial charge in [0, 0.05) is 18.7 Å². The zero-order chi connectivity index (χ0) is 15.9. The number of nitrogens with zero attached hydrogens (tertiary/aromatic N) is 1. The molecule has 2 aromatic rings. The average Bonchev–Trinajstić information content (AvgIpc) is 2.54. The van der Waals surface area contributed by atoms with Gasteiger partial charge in [-0.05, 0) is 23.3 Å². The molecule has 0 saturated heterocycles. The molecule has 0 atom stereocenters. The van der Waals surface area contributed by atoms with E-state index in [2.05, 4.69) is 5.32 Å². The van der Waals surface area contributed by atoms with Crippen molar-refractivity contribution in [1.29, 1.82) is 0 Å². The van der Waals surface area contributed by atoms with Crippen molar-refractivity contribution in [1.82, 2.24) is 5.32 Å². The van der Waals surface area contributed by atoms with Gasteiger partial charge in [-0.15, -0.1) is 0 Å². The van der Waals surface area contributed by atoms with Gasteiger partial charge in [0.2, 0.25) is 5.91 Å². The molecule has 2 aromatic carbocycles. The summed E-state index contributed by atoms with van der Waals surface area (Å²) in [5.74, 6) is 0.630. The first-order valence-electron chi connectivity index (χ1n) is 6.71. The maximum Gasteiger partial charge on any atom is 0.269 e. The Hall–Kier alpha value is -2.89. The minimum absolute atomic E-state index is 0.0161. The van der Waals surface area contributed by atoms with Gasteiger partial charge >= 0.3 is 0 Å². The van der Waals surface area contributed by atoms with E-state index in [-0.39, 0.29) is 18.0 Å². The average molecular weight is 300 g/mol. The SMILES string of the molecule is COc1ccc(CNC(=O)Cc2ccc([N+](=O)[O-])cc2)cc1. The Morgan fingerprint density at radius 3 is 2.23 bits per heavy atom. The monoisotopic (exact) mass is 300 g/mol. The van der Waals surface area contributed by atoms with Gasteiger partial charge in [-0.1, -0.05) is 24.3 Å². The predicted octanol–water partition coefficient (Wildman–Crippen LogP) is 2.46. The second-order valence-electron chi connectivity index (χ2n) is 4.73. The summed E-state index contributed by atoms with van der Waals surface area (Å²) in [6, 6.07) is 13.4. The summed E-state index contributed by atoms with van der Waals surface area (Å²) in [6.45, 7) is 0.426. The first-order valence-corrected chi connectivity index (χ1v) is 6.71. The maximum atomic E-state index is 11.9. The highest BCUT2D eigenvalue weighted by Gasteiger charge is 2.07. The van der Waals surface area contributed by atoms with Crippen LogP contribution in [-0.2, 0) is 17.8 Å². The molecule has 0 radical (unpaired) electrons. The van der Waals surface area contributed by atoms with Crippen molar-refractivity contribution in [3.05, 3.63) is 69.8 Å². The highest BCUT2D eigenvalue weighted by molar-refractivity contribution is 5.78. The van der Waals surface area contributed by atoms with Crippen molar-refractivity contribution in [3.8, 4) is 5.75 Å². The minimum Gasteiger partial charge on any atom is -0.497 e. The van der Waals surface area contributed by atoms with Crippen molar-refractivity contribution >= 4 is 11.6 Å². The summed E-state index contributed by atoms with van der Waals surface area (Å²) < 4.78 is 5.06. The van der Waals surface area contributed by atoms with E-state index in [1.807, 2.05) is 24.3 Å². The molecule has 0 aliphatic heterocycles. The number of amides is 1. The summed E-state index contributed by atoms with van der Waals surface area (Å²) in [4.78, 5) is 22.0. The molecule has 114 valence electrons. The molecule has 0 aliphatic carbocycles. The van der Waals surface area contributed by atoms with Gasteiger partial charge in [-0.3, -0.25) is 14.9 Å². The Kier molecular flexibility index (Phi) is 5.08. The molecule has 0 aromatic heterocycles. The third-order valence-corrected chi connectivity index (χ3v) is 3.16. The van der Waals surface area contributed by atoms with Crippen molar-refractivity contribution in [2.24, 2.45) is 0 Å². The lowest BCUT2D eigenvalue weighted by molar-refractivity contribution is -0.384. The number of benzene rings is 2. The fraction of sp³-hybridized carbons (Fsp3) is 0.188. The zero-order valence-corrected chi connectivity index (χ0v) is 12.1. The molecule has 6 nitrogen and oxygen atoms in total. The Bertz CT molecular complexity index is 651. The fourth-order valence-electron chi connectivity index (χ4n) is 1.93. The van der Waals surface area contributed by atoms with Gasteiger partial charge in [0.1, 0.15) is 5.75 Å². The van der Waals surface area contributed by atoms with Gasteiger partial charge < -0.3 is 10.1 Å². The first-order chi connectivity index (χ1) is 10.6. The van der Waals surface area contributed by atoms with Gasteiger partial charge in [0.15, 0.2) is 0 Å². The van der Waals surface area contributed by atoms with Crippen LogP contribution in [-0.4, -0.2) is 17.9 Å². The summed E-state index contributed by atoms with van der Waals surface area (Å²) in [5, 5.41) is 13.4. The summed E-state index contributed by atoms with van der Waals surface area (Å²) >= 11 is 0. The van der Waals surface area contributed by atoms with Crippen LogP contribution in [0.25, 0.3) is 0 Å². The van der Waals surface area contributed by atoms with Crippen molar-refractivity contribution < 1.29 is 14.5 Å². The van der Waals surface area contributed by atoms with E-state index in [1.54, 1.807) is 19.2 Å². The molecular formula is C16H16N2O4. The van der Waals surface area contributed by atoms with Crippen LogP contribution in [0.4, 0.5) is 5.69 Å². The molecule has 0 saturated carbocycles. The van der Waals surface area contributed by atoms with Crippen LogP contribution in [0.3, 0.4) is 0 Å². The molecule has 0 heterocycles. The summed E-state index contributed by atoms with van der Waals surface area (Å²) in [5.41, 5.74) is 1.72. The van der Waals surface area contributed by atoms with Crippen molar-refractivity contribution in [3.63, 3.8) is 0 Å². The molecule has 0 aliphatic rings. The predicted molar refractivity (Wildman–Crippen MR) is 81.6 cm³/mol. The number of nitrogens with one attached hydrogen (secondary N) is 1.